The third kappa shape index (κ3) is 6.73. The zero-order valence-corrected chi connectivity index (χ0v) is 15.5. The maximum absolute atomic E-state index is 13.5. The van der Waals surface area contributed by atoms with E-state index in [0.717, 1.165) is 11.3 Å². The lowest BCUT2D eigenvalue weighted by atomic mass is 10.1. The number of esters is 1. The first-order valence-corrected chi connectivity index (χ1v) is 8.83. The number of halogens is 1. The summed E-state index contributed by atoms with van der Waals surface area (Å²) in [6, 6.07) is 13.8. The lowest BCUT2D eigenvalue weighted by Crippen LogP contribution is -2.36. The van der Waals surface area contributed by atoms with Crippen molar-refractivity contribution in [2.75, 3.05) is 13.7 Å². The molecule has 0 bridgehead atoms. The highest BCUT2D eigenvalue weighted by molar-refractivity contribution is 5.83. The van der Waals surface area contributed by atoms with Crippen molar-refractivity contribution < 1.29 is 23.5 Å². The molecule has 2 aromatic rings. The highest BCUT2D eigenvalue weighted by Gasteiger charge is 2.17. The minimum Gasteiger partial charge on any atom is -0.497 e. The summed E-state index contributed by atoms with van der Waals surface area (Å²) in [5.74, 6) is -0.466. The predicted octanol–water partition coefficient (Wildman–Crippen LogP) is 3.06. The first kappa shape index (κ1) is 20.4. The second kappa shape index (κ2) is 10.3. The molecule has 5 nitrogen and oxygen atoms in total. The Bertz CT molecular complexity index is 761. The van der Waals surface area contributed by atoms with Gasteiger partial charge in [0.2, 0.25) is 0 Å². The van der Waals surface area contributed by atoms with Gasteiger partial charge in [0.1, 0.15) is 11.6 Å². The molecule has 0 saturated carbocycles. The largest absolute Gasteiger partial charge is 0.497 e. The molecule has 1 N–H and O–H groups in total. The Morgan fingerprint density at radius 3 is 2.44 bits per heavy atom. The van der Waals surface area contributed by atoms with Gasteiger partial charge in [-0.05, 0) is 49.1 Å². The Hall–Kier alpha value is -2.89. The summed E-state index contributed by atoms with van der Waals surface area (Å²) in [6.07, 6.45) is 0.0137. The minimum atomic E-state index is -0.894. The topological polar surface area (TPSA) is 64.6 Å². The van der Waals surface area contributed by atoms with Gasteiger partial charge in [0, 0.05) is 13.0 Å². The number of nitrogens with one attached hydrogen (secondary N) is 1. The Morgan fingerprint density at radius 1 is 1.07 bits per heavy atom. The van der Waals surface area contributed by atoms with Crippen LogP contribution in [0.4, 0.5) is 4.39 Å². The summed E-state index contributed by atoms with van der Waals surface area (Å²) >= 11 is 0. The fourth-order valence-electron chi connectivity index (χ4n) is 2.51. The fourth-order valence-corrected chi connectivity index (χ4v) is 2.51. The maximum Gasteiger partial charge on any atom is 0.306 e. The smallest absolute Gasteiger partial charge is 0.306 e. The molecule has 2 rings (SSSR count). The molecule has 0 aliphatic carbocycles. The molecule has 0 heterocycles. The molecule has 27 heavy (non-hydrogen) atoms. The molecule has 0 aliphatic heterocycles. The number of carbonyl (C=O) groups excluding carboxylic acids is 2. The summed E-state index contributed by atoms with van der Waals surface area (Å²) < 4.78 is 23.7. The van der Waals surface area contributed by atoms with E-state index < -0.39 is 12.1 Å². The van der Waals surface area contributed by atoms with Crippen molar-refractivity contribution in [3.8, 4) is 5.75 Å². The Labute approximate surface area is 158 Å². The number of hydrogen-bond donors (Lipinski definition) is 1. The number of carbonyl (C=O) groups is 2. The molecule has 0 aliphatic rings. The average molecular weight is 373 g/mol. The molecule has 1 unspecified atom stereocenters. The highest BCUT2D eigenvalue weighted by Crippen LogP contribution is 2.12. The molecule has 0 fully saturated rings. The van der Waals surface area contributed by atoms with Gasteiger partial charge in [-0.3, -0.25) is 9.59 Å². The van der Waals surface area contributed by atoms with E-state index in [2.05, 4.69) is 5.32 Å². The Kier molecular flexibility index (Phi) is 7.79. The number of methoxy groups -OCH3 is 1. The van der Waals surface area contributed by atoms with E-state index in [0.29, 0.717) is 18.5 Å². The van der Waals surface area contributed by atoms with E-state index in [9.17, 15) is 14.0 Å². The molecule has 2 aromatic carbocycles. The van der Waals surface area contributed by atoms with Crippen LogP contribution in [-0.4, -0.2) is 31.6 Å². The van der Waals surface area contributed by atoms with Gasteiger partial charge < -0.3 is 14.8 Å². The Balaban J connectivity index is 1.69. The second-order valence-electron chi connectivity index (χ2n) is 6.11. The normalized spacial score (nSPS) is 11.5. The van der Waals surface area contributed by atoms with E-state index in [-0.39, 0.29) is 24.6 Å². The van der Waals surface area contributed by atoms with Crippen LogP contribution >= 0.6 is 0 Å². The Morgan fingerprint density at radius 2 is 1.78 bits per heavy atom. The SMILES string of the molecule is COc1ccc(CCNC(=O)C(C)OC(=O)CCc2ccccc2F)cc1. The van der Waals surface area contributed by atoms with Crippen LogP contribution < -0.4 is 10.1 Å². The fraction of sp³-hybridized carbons (Fsp3) is 0.333. The van der Waals surface area contributed by atoms with Crippen LogP contribution in [0.25, 0.3) is 0 Å². The van der Waals surface area contributed by atoms with Crippen LogP contribution in [0, 0.1) is 5.82 Å². The average Bonchev–Trinajstić information content (AvgIpc) is 2.67. The van der Waals surface area contributed by atoms with Gasteiger partial charge >= 0.3 is 5.97 Å². The van der Waals surface area contributed by atoms with Gasteiger partial charge in [0.25, 0.3) is 5.91 Å². The van der Waals surface area contributed by atoms with Crippen molar-refractivity contribution in [3.05, 3.63) is 65.5 Å². The maximum atomic E-state index is 13.5. The highest BCUT2D eigenvalue weighted by atomic mass is 19.1. The van der Waals surface area contributed by atoms with Crippen molar-refractivity contribution in [2.45, 2.75) is 32.3 Å². The van der Waals surface area contributed by atoms with Gasteiger partial charge in [-0.2, -0.15) is 0 Å². The van der Waals surface area contributed by atoms with Crippen LogP contribution in [0.15, 0.2) is 48.5 Å². The number of amides is 1. The molecule has 0 spiro atoms. The van der Waals surface area contributed by atoms with E-state index in [1.807, 2.05) is 24.3 Å². The first-order valence-electron chi connectivity index (χ1n) is 8.83. The molecule has 6 heteroatoms. The van der Waals surface area contributed by atoms with Crippen LogP contribution in [0.3, 0.4) is 0 Å². The number of benzene rings is 2. The monoisotopic (exact) mass is 373 g/mol. The number of rotatable bonds is 9. The van der Waals surface area contributed by atoms with Crippen LogP contribution in [0.1, 0.15) is 24.5 Å². The van der Waals surface area contributed by atoms with Crippen molar-refractivity contribution in [1.29, 1.82) is 0 Å². The first-order chi connectivity index (χ1) is 13.0. The molecule has 1 atom stereocenters. The second-order valence-corrected chi connectivity index (χ2v) is 6.11. The van der Waals surface area contributed by atoms with Crippen molar-refractivity contribution in [3.63, 3.8) is 0 Å². The third-order valence-electron chi connectivity index (χ3n) is 4.11. The lowest BCUT2D eigenvalue weighted by Gasteiger charge is -2.13. The standard InChI is InChI=1S/C21H24FNO4/c1-15(27-20(24)12-9-17-5-3-4-6-19(17)22)21(25)23-14-13-16-7-10-18(26-2)11-8-16/h3-8,10-11,15H,9,12-14H2,1-2H3,(H,23,25). The van der Waals surface area contributed by atoms with Gasteiger partial charge in [0.05, 0.1) is 7.11 Å². The molecular weight excluding hydrogens is 349 g/mol. The zero-order chi connectivity index (χ0) is 19.6. The molecule has 0 aromatic heterocycles. The number of hydrogen-bond acceptors (Lipinski definition) is 4. The summed E-state index contributed by atoms with van der Waals surface area (Å²) in [4.78, 5) is 23.9. The summed E-state index contributed by atoms with van der Waals surface area (Å²) in [5.41, 5.74) is 1.51. The molecule has 1 amide bonds. The van der Waals surface area contributed by atoms with E-state index in [1.54, 1.807) is 25.3 Å². The third-order valence-corrected chi connectivity index (χ3v) is 4.11. The summed E-state index contributed by atoms with van der Waals surface area (Å²) in [5, 5.41) is 2.74. The van der Waals surface area contributed by atoms with E-state index >= 15 is 0 Å². The molecule has 0 radical (unpaired) electrons. The van der Waals surface area contributed by atoms with Gasteiger partial charge in [-0.15, -0.1) is 0 Å². The summed E-state index contributed by atoms with van der Waals surface area (Å²) in [7, 11) is 1.61. The van der Waals surface area contributed by atoms with Gasteiger partial charge in [-0.25, -0.2) is 4.39 Å². The van der Waals surface area contributed by atoms with Crippen LogP contribution in [-0.2, 0) is 27.2 Å². The van der Waals surface area contributed by atoms with Gasteiger partial charge in [0.15, 0.2) is 6.10 Å². The molecular formula is C21H24FNO4. The predicted molar refractivity (Wildman–Crippen MR) is 100.0 cm³/mol. The minimum absolute atomic E-state index is 0.0183. The quantitative estimate of drug-likeness (QED) is 0.686. The molecule has 144 valence electrons. The molecule has 0 saturated heterocycles. The van der Waals surface area contributed by atoms with Crippen LogP contribution in [0.2, 0.25) is 0 Å². The van der Waals surface area contributed by atoms with E-state index in [4.69, 9.17) is 9.47 Å². The van der Waals surface area contributed by atoms with Crippen LogP contribution in [0.5, 0.6) is 5.75 Å². The van der Waals surface area contributed by atoms with Crippen molar-refractivity contribution in [2.24, 2.45) is 0 Å². The number of aryl methyl sites for hydroxylation is 1. The lowest BCUT2D eigenvalue weighted by molar-refractivity contribution is -0.154. The van der Waals surface area contributed by atoms with Crippen molar-refractivity contribution in [1.82, 2.24) is 5.32 Å². The van der Waals surface area contributed by atoms with E-state index in [1.165, 1.54) is 13.0 Å². The summed E-state index contributed by atoms with van der Waals surface area (Å²) in [6.45, 7) is 1.95. The van der Waals surface area contributed by atoms with Crippen molar-refractivity contribution >= 4 is 11.9 Å². The van der Waals surface area contributed by atoms with Gasteiger partial charge in [-0.1, -0.05) is 30.3 Å². The zero-order valence-electron chi connectivity index (χ0n) is 15.5. The number of ether oxygens (including phenoxy) is 2.